The van der Waals surface area contributed by atoms with E-state index in [1.165, 1.54) is 0 Å². The molecule has 0 bridgehead atoms. The van der Waals surface area contributed by atoms with Gasteiger partial charge in [-0.3, -0.25) is 0 Å². The Labute approximate surface area is 118 Å². The number of rotatable bonds is 4. The predicted molar refractivity (Wildman–Crippen MR) is 72.7 cm³/mol. The molecule has 0 radical (unpaired) electrons. The van der Waals surface area contributed by atoms with Crippen molar-refractivity contribution >= 4 is 10.0 Å². The lowest BCUT2D eigenvalue weighted by atomic mass is 9.85. The molecule has 1 aromatic carbocycles. The maximum absolute atomic E-state index is 13.6. The summed E-state index contributed by atoms with van der Waals surface area (Å²) in [6.45, 7) is 2.13. The van der Waals surface area contributed by atoms with Crippen molar-refractivity contribution in [2.75, 3.05) is 0 Å². The second-order valence-corrected chi connectivity index (χ2v) is 7.00. The van der Waals surface area contributed by atoms with Crippen LogP contribution in [-0.2, 0) is 10.0 Å². The Balaban J connectivity index is 2.08. The number of hydrogen-bond donors (Lipinski definition) is 1. The highest BCUT2D eigenvalue weighted by Crippen LogP contribution is 2.27. The molecule has 0 heterocycles. The Bertz CT molecular complexity index is 567. The van der Waals surface area contributed by atoms with Gasteiger partial charge in [-0.2, -0.15) is 0 Å². The third-order valence-corrected chi connectivity index (χ3v) is 5.48. The lowest BCUT2D eigenvalue weighted by Gasteiger charge is -2.28. The fraction of sp³-hybridized carbons (Fsp3) is 0.571. The Hall–Kier alpha value is -1.01. The number of halogens is 2. The molecule has 0 aliphatic heterocycles. The molecule has 1 saturated carbocycles. The minimum atomic E-state index is -3.92. The van der Waals surface area contributed by atoms with E-state index in [2.05, 4.69) is 11.6 Å². The minimum absolute atomic E-state index is 0.160. The van der Waals surface area contributed by atoms with Crippen LogP contribution in [0.25, 0.3) is 0 Å². The van der Waals surface area contributed by atoms with Crippen LogP contribution in [0, 0.1) is 17.6 Å². The zero-order valence-corrected chi connectivity index (χ0v) is 12.2. The predicted octanol–water partition coefficient (Wildman–Crippen LogP) is 3.21. The largest absolute Gasteiger partial charge is 0.243 e. The summed E-state index contributed by atoms with van der Waals surface area (Å²) in [4.78, 5) is -0.489. The van der Waals surface area contributed by atoms with Crippen molar-refractivity contribution in [2.45, 2.75) is 50.0 Å². The molecule has 0 unspecified atom stereocenters. The topological polar surface area (TPSA) is 46.2 Å². The normalized spacial score (nSPS) is 23.8. The summed E-state index contributed by atoms with van der Waals surface area (Å²) < 4.78 is 53.1. The van der Waals surface area contributed by atoms with Crippen LogP contribution in [-0.4, -0.2) is 14.5 Å². The van der Waals surface area contributed by atoms with Gasteiger partial charge >= 0.3 is 0 Å². The lowest BCUT2D eigenvalue weighted by Crippen LogP contribution is -2.37. The van der Waals surface area contributed by atoms with Crippen molar-refractivity contribution in [2.24, 2.45) is 5.92 Å². The molecule has 0 amide bonds. The van der Waals surface area contributed by atoms with E-state index < -0.39 is 26.6 Å². The zero-order valence-electron chi connectivity index (χ0n) is 11.4. The molecule has 1 aliphatic carbocycles. The third kappa shape index (κ3) is 3.55. The molecule has 1 aromatic rings. The van der Waals surface area contributed by atoms with Crippen molar-refractivity contribution in [1.82, 2.24) is 4.72 Å². The summed E-state index contributed by atoms with van der Waals surface area (Å²) in [5, 5.41) is 0. The molecule has 0 spiro atoms. The first-order valence-corrected chi connectivity index (χ1v) is 8.38. The van der Waals surface area contributed by atoms with E-state index in [-0.39, 0.29) is 6.04 Å². The van der Waals surface area contributed by atoms with Gasteiger partial charge in [-0.15, -0.1) is 0 Å². The van der Waals surface area contributed by atoms with E-state index in [9.17, 15) is 17.2 Å². The molecule has 0 saturated heterocycles. The number of benzene rings is 1. The van der Waals surface area contributed by atoms with Gasteiger partial charge in [0.25, 0.3) is 0 Å². The van der Waals surface area contributed by atoms with Crippen molar-refractivity contribution in [3.05, 3.63) is 29.8 Å². The van der Waals surface area contributed by atoms with Gasteiger partial charge in [-0.05, 0) is 43.7 Å². The van der Waals surface area contributed by atoms with Crippen LogP contribution in [0.4, 0.5) is 8.78 Å². The first kappa shape index (κ1) is 15.4. The summed E-state index contributed by atoms with van der Waals surface area (Å²) >= 11 is 0. The van der Waals surface area contributed by atoms with Gasteiger partial charge in [0.1, 0.15) is 16.5 Å². The van der Waals surface area contributed by atoms with E-state index in [0.717, 1.165) is 44.2 Å². The smallest absolute Gasteiger partial charge is 0.208 e. The van der Waals surface area contributed by atoms with Crippen LogP contribution in [0.3, 0.4) is 0 Å². The summed E-state index contributed by atoms with van der Waals surface area (Å²) in [5.41, 5.74) is 0. The molecular formula is C14H19F2NO2S. The highest BCUT2D eigenvalue weighted by Gasteiger charge is 2.26. The maximum atomic E-state index is 13.6. The summed E-state index contributed by atoms with van der Waals surface area (Å²) in [5.74, 6) is -1.19. The molecule has 112 valence electrons. The number of hydrogen-bond acceptors (Lipinski definition) is 2. The van der Waals surface area contributed by atoms with Crippen LogP contribution in [0.15, 0.2) is 23.1 Å². The molecule has 6 heteroatoms. The van der Waals surface area contributed by atoms with Crippen LogP contribution in [0.5, 0.6) is 0 Å². The molecule has 0 atom stereocenters. The summed E-state index contributed by atoms with van der Waals surface area (Å²) in [7, 11) is -3.92. The molecule has 3 nitrogen and oxygen atoms in total. The number of nitrogens with one attached hydrogen (secondary N) is 1. The SMILES string of the molecule is CCC1CCC(NS(=O)(=O)c2ccc(F)cc2F)CC1. The fourth-order valence-electron chi connectivity index (χ4n) is 2.66. The van der Waals surface area contributed by atoms with Crippen molar-refractivity contribution in [1.29, 1.82) is 0 Å². The van der Waals surface area contributed by atoms with Crippen molar-refractivity contribution < 1.29 is 17.2 Å². The maximum Gasteiger partial charge on any atom is 0.243 e. The van der Waals surface area contributed by atoms with Gasteiger partial charge in [0.2, 0.25) is 10.0 Å². The van der Waals surface area contributed by atoms with E-state index >= 15 is 0 Å². The van der Waals surface area contributed by atoms with Crippen LogP contribution >= 0.6 is 0 Å². The molecule has 1 aliphatic rings. The average Bonchev–Trinajstić information content (AvgIpc) is 2.38. The Morgan fingerprint density at radius 2 is 1.85 bits per heavy atom. The zero-order chi connectivity index (χ0) is 14.8. The first-order valence-electron chi connectivity index (χ1n) is 6.89. The van der Waals surface area contributed by atoms with Gasteiger partial charge in [-0.25, -0.2) is 21.9 Å². The Morgan fingerprint density at radius 1 is 1.20 bits per heavy atom. The monoisotopic (exact) mass is 303 g/mol. The standard InChI is InChI=1S/C14H19F2NO2S/c1-2-10-3-6-12(7-4-10)17-20(18,19)14-8-5-11(15)9-13(14)16/h5,8-10,12,17H,2-4,6-7H2,1H3. The fourth-order valence-corrected chi connectivity index (χ4v) is 4.03. The quantitative estimate of drug-likeness (QED) is 0.928. The molecule has 0 aromatic heterocycles. The van der Waals surface area contributed by atoms with Gasteiger partial charge in [0, 0.05) is 12.1 Å². The first-order chi connectivity index (χ1) is 9.42. The second kappa shape index (κ2) is 6.18. The highest BCUT2D eigenvalue weighted by molar-refractivity contribution is 7.89. The summed E-state index contributed by atoms with van der Waals surface area (Å²) in [6, 6.07) is 2.34. The van der Waals surface area contributed by atoms with Crippen molar-refractivity contribution in [3.63, 3.8) is 0 Å². The van der Waals surface area contributed by atoms with Crippen LogP contribution < -0.4 is 4.72 Å². The molecule has 20 heavy (non-hydrogen) atoms. The third-order valence-electron chi connectivity index (χ3n) is 3.93. The average molecular weight is 303 g/mol. The van der Waals surface area contributed by atoms with Gasteiger partial charge < -0.3 is 0 Å². The van der Waals surface area contributed by atoms with Crippen molar-refractivity contribution in [3.8, 4) is 0 Å². The molecular weight excluding hydrogens is 284 g/mol. The molecule has 1 N–H and O–H groups in total. The number of sulfonamides is 1. The molecule has 1 fully saturated rings. The van der Waals surface area contributed by atoms with E-state index in [0.29, 0.717) is 12.0 Å². The van der Waals surface area contributed by atoms with E-state index in [1.807, 2.05) is 0 Å². The van der Waals surface area contributed by atoms with Gasteiger partial charge in [0.15, 0.2) is 0 Å². The van der Waals surface area contributed by atoms with E-state index in [1.54, 1.807) is 0 Å². The highest BCUT2D eigenvalue weighted by atomic mass is 32.2. The second-order valence-electron chi connectivity index (χ2n) is 5.32. The Morgan fingerprint density at radius 3 is 2.40 bits per heavy atom. The summed E-state index contributed by atoms with van der Waals surface area (Å²) in [6.07, 6.45) is 4.60. The van der Waals surface area contributed by atoms with Crippen LogP contribution in [0.1, 0.15) is 39.0 Å². The molecule has 2 rings (SSSR count). The Kier molecular flexibility index (Phi) is 4.75. The lowest BCUT2D eigenvalue weighted by molar-refractivity contribution is 0.306. The van der Waals surface area contributed by atoms with Gasteiger partial charge in [-0.1, -0.05) is 13.3 Å². The van der Waals surface area contributed by atoms with Crippen LogP contribution in [0.2, 0.25) is 0 Å². The minimum Gasteiger partial charge on any atom is -0.208 e. The van der Waals surface area contributed by atoms with E-state index in [4.69, 9.17) is 0 Å². The van der Waals surface area contributed by atoms with Gasteiger partial charge in [0.05, 0.1) is 0 Å².